The second-order valence-corrected chi connectivity index (χ2v) is 13.2. The number of urea groups is 2. The number of benzene rings is 2. The van der Waals surface area contributed by atoms with Crippen molar-refractivity contribution in [3.05, 3.63) is 58.6 Å². The average Bonchev–Trinajstić information content (AvgIpc) is 2.75. The number of carbonyl (C=O) groups is 2. The second-order valence-electron chi connectivity index (χ2n) is 6.28. The molecule has 0 aromatic heterocycles. The van der Waals surface area contributed by atoms with Crippen molar-refractivity contribution in [2.75, 3.05) is 24.6 Å². The lowest BCUT2D eigenvalue weighted by molar-refractivity contribution is 0.245. The number of hydrogen-bond acceptors (Lipinski definition) is 8. The van der Waals surface area contributed by atoms with Gasteiger partial charge >= 0.3 is 12.1 Å². The minimum atomic E-state index is -4.03. The van der Waals surface area contributed by atoms with Crippen molar-refractivity contribution in [2.45, 2.75) is 9.79 Å². The highest BCUT2D eigenvalue weighted by atomic mass is 35.5. The average molecular weight is 588 g/mol. The minimum Gasteiger partial charge on any atom is -0.336 e. The van der Waals surface area contributed by atoms with E-state index in [1.807, 2.05) is 9.44 Å². The van der Waals surface area contributed by atoms with E-state index in [4.69, 9.17) is 23.2 Å². The molecule has 0 bridgehead atoms. The molecular weight excluding hydrogens is 567 g/mol. The summed E-state index contributed by atoms with van der Waals surface area (Å²) in [5, 5.41) is 5.31. The summed E-state index contributed by atoms with van der Waals surface area (Å²) in [5.41, 5.74) is 0. The molecular formula is C18H20Cl2N4O6S4. The lowest BCUT2D eigenvalue weighted by Gasteiger charge is -2.09. The Morgan fingerprint density at radius 3 is 1.44 bits per heavy atom. The number of rotatable bonds is 11. The molecule has 186 valence electrons. The van der Waals surface area contributed by atoms with Gasteiger partial charge in [0.25, 0.3) is 20.0 Å². The monoisotopic (exact) mass is 586 g/mol. The van der Waals surface area contributed by atoms with E-state index >= 15 is 0 Å². The summed E-state index contributed by atoms with van der Waals surface area (Å²) in [7, 11) is -5.31. The standard InChI is InChI=1S/C18H20Cl2N4O6S4/c19-13-3-1-5-15(11-13)33(27,28)23-17(25)21-7-9-31-32-10-8-22-18(26)24-34(29,30)16-6-2-4-14(20)12-16/h1-6,11-12H,7-10H2,(H2,21,23,25)(H2,22,24,26). The van der Waals surface area contributed by atoms with Crippen molar-refractivity contribution in [2.24, 2.45) is 0 Å². The molecule has 0 saturated carbocycles. The van der Waals surface area contributed by atoms with Gasteiger partial charge in [0.1, 0.15) is 0 Å². The Hall–Kier alpha value is -1.84. The lowest BCUT2D eigenvalue weighted by Crippen LogP contribution is -2.40. The fourth-order valence-electron chi connectivity index (χ4n) is 2.23. The summed E-state index contributed by atoms with van der Waals surface area (Å²) in [6.45, 7) is 0.390. The van der Waals surface area contributed by atoms with Crippen molar-refractivity contribution in [3.8, 4) is 0 Å². The Morgan fingerprint density at radius 2 is 1.09 bits per heavy atom. The van der Waals surface area contributed by atoms with Crippen LogP contribution in [0.2, 0.25) is 10.0 Å². The van der Waals surface area contributed by atoms with Crippen LogP contribution >= 0.6 is 44.8 Å². The van der Waals surface area contributed by atoms with Gasteiger partial charge in [-0.25, -0.2) is 35.9 Å². The fraction of sp³-hybridized carbons (Fsp3) is 0.222. The first-order valence-electron chi connectivity index (χ1n) is 9.36. The van der Waals surface area contributed by atoms with E-state index in [0.29, 0.717) is 11.5 Å². The molecule has 0 heterocycles. The van der Waals surface area contributed by atoms with E-state index in [2.05, 4.69) is 10.6 Å². The van der Waals surface area contributed by atoms with Gasteiger partial charge in [-0.15, -0.1) is 0 Å². The van der Waals surface area contributed by atoms with Crippen LogP contribution in [0.4, 0.5) is 9.59 Å². The molecule has 0 spiro atoms. The molecule has 0 radical (unpaired) electrons. The molecule has 0 aliphatic heterocycles. The summed E-state index contributed by atoms with van der Waals surface area (Å²) < 4.78 is 52.3. The first kappa shape index (κ1) is 28.4. The molecule has 16 heteroatoms. The first-order valence-corrected chi connectivity index (χ1v) is 15.6. The van der Waals surface area contributed by atoms with Gasteiger partial charge in [0.05, 0.1) is 9.79 Å². The number of nitrogens with one attached hydrogen (secondary N) is 4. The van der Waals surface area contributed by atoms with Crippen LogP contribution < -0.4 is 20.1 Å². The van der Waals surface area contributed by atoms with Gasteiger partial charge in [0.2, 0.25) is 0 Å². The maximum atomic E-state index is 12.1. The molecule has 10 nitrogen and oxygen atoms in total. The van der Waals surface area contributed by atoms with E-state index in [9.17, 15) is 26.4 Å². The van der Waals surface area contributed by atoms with E-state index in [-0.39, 0.29) is 32.9 Å². The van der Waals surface area contributed by atoms with E-state index in [0.717, 1.165) is 0 Å². The van der Waals surface area contributed by atoms with Gasteiger partial charge < -0.3 is 10.6 Å². The van der Waals surface area contributed by atoms with Crippen LogP contribution in [0.1, 0.15) is 0 Å². The third kappa shape index (κ3) is 9.80. The largest absolute Gasteiger partial charge is 0.336 e. The topological polar surface area (TPSA) is 151 Å². The molecule has 2 aromatic rings. The van der Waals surface area contributed by atoms with Crippen molar-refractivity contribution in [1.29, 1.82) is 0 Å². The van der Waals surface area contributed by atoms with Crippen LogP contribution in [0.3, 0.4) is 0 Å². The highest BCUT2D eigenvalue weighted by Gasteiger charge is 2.18. The first-order chi connectivity index (χ1) is 16.0. The Bertz CT molecular complexity index is 1130. The second kappa shape index (κ2) is 13.3. The van der Waals surface area contributed by atoms with Crippen LogP contribution in [-0.2, 0) is 20.0 Å². The van der Waals surface area contributed by atoms with E-state index < -0.39 is 32.1 Å². The highest BCUT2D eigenvalue weighted by molar-refractivity contribution is 8.76. The van der Waals surface area contributed by atoms with Crippen LogP contribution in [0.15, 0.2) is 58.3 Å². The summed E-state index contributed by atoms with van der Waals surface area (Å²) in [4.78, 5) is 23.3. The van der Waals surface area contributed by atoms with Crippen LogP contribution in [-0.4, -0.2) is 53.5 Å². The molecule has 4 amide bonds. The van der Waals surface area contributed by atoms with Crippen molar-refractivity contribution < 1.29 is 26.4 Å². The molecule has 34 heavy (non-hydrogen) atoms. The zero-order chi connectivity index (χ0) is 25.2. The Balaban J connectivity index is 1.58. The number of amides is 4. The van der Waals surface area contributed by atoms with Gasteiger partial charge in [-0.2, -0.15) is 0 Å². The molecule has 0 fully saturated rings. The summed E-state index contributed by atoms with van der Waals surface area (Å²) in [6, 6.07) is 9.29. The minimum absolute atomic E-state index is 0.128. The van der Waals surface area contributed by atoms with Crippen molar-refractivity contribution >= 4 is 76.9 Å². The Kier molecular flexibility index (Phi) is 11.1. The highest BCUT2D eigenvalue weighted by Crippen LogP contribution is 2.19. The van der Waals surface area contributed by atoms with Gasteiger partial charge in [0.15, 0.2) is 0 Å². The third-order valence-corrected chi connectivity index (χ3v) is 9.23. The summed E-state index contributed by atoms with van der Waals surface area (Å²) >= 11 is 11.5. The van der Waals surface area contributed by atoms with E-state index in [1.165, 1.54) is 70.1 Å². The molecule has 4 N–H and O–H groups in total. The molecule has 0 aliphatic rings. The normalized spacial score (nSPS) is 11.5. The maximum Gasteiger partial charge on any atom is 0.328 e. The molecule has 0 saturated heterocycles. The summed E-state index contributed by atoms with van der Waals surface area (Å²) in [6.07, 6.45) is 0. The van der Waals surface area contributed by atoms with Gasteiger partial charge in [-0.05, 0) is 36.4 Å². The number of carbonyl (C=O) groups excluding carboxylic acids is 2. The quantitative estimate of drug-likeness (QED) is 0.232. The van der Waals surface area contributed by atoms with Crippen LogP contribution in [0.5, 0.6) is 0 Å². The zero-order valence-electron chi connectivity index (χ0n) is 17.3. The lowest BCUT2D eigenvalue weighted by atomic mass is 10.4. The fourth-order valence-corrected chi connectivity index (χ4v) is 6.50. The van der Waals surface area contributed by atoms with Gasteiger partial charge in [-0.3, -0.25) is 0 Å². The van der Waals surface area contributed by atoms with Crippen LogP contribution in [0.25, 0.3) is 0 Å². The SMILES string of the molecule is O=C(NCCSSCCNC(=O)NS(=O)(=O)c1cccc(Cl)c1)NS(=O)(=O)c1cccc(Cl)c1. The Labute approximate surface area is 215 Å². The molecule has 0 unspecified atom stereocenters. The number of hydrogen-bond donors (Lipinski definition) is 4. The van der Waals surface area contributed by atoms with E-state index in [1.54, 1.807) is 0 Å². The predicted molar refractivity (Wildman–Crippen MR) is 135 cm³/mol. The third-order valence-electron chi connectivity index (χ3n) is 3.69. The van der Waals surface area contributed by atoms with Gasteiger partial charge in [-0.1, -0.05) is 56.9 Å². The van der Waals surface area contributed by atoms with Gasteiger partial charge in [0, 0.05) is 34.6 Å². The van der Waals surface area contributed by atoms with Crippen molar-refractivity contribution in [1.82, 2.24) is 20.1 Å². The smallest absolute Gasteiger partial charge is 0.328 e. The number of sulfonamides is 2. The molecule has 2 rings (SSSR count). The van der Waals surface area contributed by atoms with Crippen LogP contribution in [0, 0.1) is 0 Å². The maximum absolute atomic E-state index is 12.1. The Morgan fingerprint density at radius 1 is 0.706 bits per heavy atom. The zero-order valence-corrected chi connectivity index (χ0v) is 22.1. The molecule has 0 atom stereocenters. The van der Waals surface area contributed by atoms with Crippen molar-refractivity contribution in [3.63, 3.8) is 0 Å². The molecule has 2 aromatic carbocycles. The summed E-state index contributed by atoms with van der Waals surface area (Å²) in [5.74, 6) is 0.926. The number of halogens is 2. The molecule has 0 aliphatic carbocycles. The predicted octanol–water partition coefficient (Wildman–Crippen LogP) is 3.05.